The predicted octanol–water partition coefficient (Wildman–Crippen LogP) is 0.562. The minimum absolute atomic E-state index is 0.230. The number of amides is 3. The van der Waals surface area contributed by atoms with Crippen molar-refractivity contribution in [1.29, 1.82) is 0 Å². The molecule has 0 fully saturated rings. The maximum atomic E-state index is 11.3. The van der Waals surface area contributed by atoms with Crippen molar-refractivity contribution < 1.29 is 9.59 Å². The average Bonchev–Trinajstić information content (AvgIpc) is 1.99. The van der Waals surface area contributed by atoms with Gasteiger partial charge in [-0.2, -0.15) is 0 Å². The lowest BCUT2D eigenvalue weighted by Crippen LogP contribution is -2.50. The smallest absolute Gasteiger partial charge is 0.321 e. The van der Waals surface area contributed by atoms with Crippen LogP contribution in [0, 0.1) is 0 Å². The van der Waals surface area contributed by atoms with E-state index >= 15 is 0 Å². The Bertz CT molecular complexity index is 233. The summed E-state index contributed by atoms with van der Waals surface area (Å²) in [6.07, 6.45) is 0. The van der Waals surface area contributed by atoms with E-state index in [2.05, 4.69) is 10.6 Å². The molecule has 5 nitrogen and oxygen atoms in total. The van der Waals surface area contributed by atoms with Gasteiger partial charge in [-0.05, 0) is 34.4 Å². The van der Waals surface area contributed by atoms with E-state index in [1.807, 2.05) is 39.6 Å². The van der Waals surface area contributed by atoms with Gasteiger partial charge in [-0.3, -0.25) is 15.0 Å². The van der Waals surface area contributed by atoms with E-state index in [1.165, 1.54) is 0 Å². The number of hydrogen-bond donors (Lipinski definition) is 2. The van der Waals surface area contributed by atoms with Crippen LogP contribution in [0.1, 0.15) is 27.7 Å². The highest BCUT2D eigenvalue weighted by Crippen LogP contribution is 1.97. The first kappa shape index (κ1) is 13.9. The molecule has 0 aliphatic rings. The molecule has 0 spiro atoms. The summed E-state index contributed by atoms with van der Waals surface area (Å²) >= 11 is 0. The van der Waals surface area contributed by atoms with Crippen molar-refractivity contribution in [3.05, 3.63) is 0 Å². The molecule has 88 valence electrons. The zero-order valence-electron chi connectivity index (χ0n) is 10.2. The largest absolute Gasteiger partial charge is 0.333 e. The Hall–Kier alpha value is -1.10. The summed E-state index contributed by atoms with van der Waals surface area (Å²) in [7, 11) is 1.82. The Labute approximate surface area is 91.2 Å². The third kappa shape index (κ3) is 7.93. The molecule has 0 radical (unpaired) electrons. The van der Waals surface area contributed by atoms with Gasteiger partial charge in [0.25, 0.3) is 0 Å². The molecule has 0 atom stereocenters. The van der Waals surface area contributed by atoms with Crippen molar-refractivity contribution in [1.82, 2.24) is 15.5 Å². The summed E-state index contributed by atoms with van der Waals surface area (Å²) < 4.78 is 0. The van der Waals surface area contributed by atoms with Gasteiger partial charge in [0, 0.05) is 5.54 Å². The molecule has 0 saturated carbocycles. The predicted molar refractivity (Wildman–Crippen MR) is 59.6 cm³/mol. The molecule has 0 aliphatic heterocycles. The molecule has 0 unspecified atom stereocenters. The molecule has 0 aromatic carbocycles. The van der Waals surface area contributed by atoms with Gasteiger partial charge in [-0.15, -0.1) is 0 Å². The van der Waals surface area contributed by atoms with Crippen LogP contribution in [-0.2, 0) is 4.79 Å². The Morgan fingerprint density at radius 3 is 2.20 bits per heavy atom. The molecule has 3 amide bonds. The van der Waals surface area contributed by atoms with E-state index < -0.39 is 6.03 Å². The molecule has 0 aromatic heterocycles. The summed E-state index contributed by atoms with van der Waals surface area (Å²) in [5, 5.41) is 4.92. The van der Waals surface area contributed by atoms with Crippen LogP contribution in [0.2, 0.25) is 0 Å². The summed E-state index contributed by atoms with van der Waals surface area (Å²) in [5.74, 6) is -0.291. The number of imide groups is 1. The van der Waals surface area contributed by atoms with E-state index in [-0.39, 0.29) is 18.0 Å². The Kier molecular flexibility index (Phi) is 5.28. The van der Waals surface area contributed by atoms with Gasteiger partial charge in [0.05, 0.1) is 6.54 Å². The normalized spacial score (nSPS) is 11.3. The first-order valence-corrected chi connectivity index (χ1v) is 5.05. The lowest BCUT2D eigenvalue weighted by atomic mass is 10.1. The van der Waals surface area contributed by atoms with Crippen LogP contribution in [0.25, 0.3) is 0 Å². The number of nitrogens with zero attached hydrogens (tertiary/aromatic N) is 1. The highest BCUT2D eigenvalue weighted by molar-refractivity contribution is 5.95. The number of rotatable bonds is 3. The van der Waals surface area contributed by atoms with Crippen LogP contribution in [0.5, 0.6) is 0 Å². The van der Waals surface area contributed by atoms with Crippen molar-refractivity contribution in [2.45, 2.75) is 33.2 Å². The fraction of sp³-hybridized carbons (Fsp3) is 0.800. The Morgan fingerprint density at radius 2 is 1.80 bits per heavy atom. The molecule has 15 heavy (non-hydrogen) atoms. The summed E-state index contributed by atoms with van der Waals surface area (Å²) in [6, 6.07) is -0.447. The standard InChI is InChI=1S/C10H21N3O2/c1-6-13(5)7-8(14)11-9(15)12-10(2,3)4/h6-7H2,1-5H3,(H2,11,12,14,15). The fourth-order valence-electron chi connectivity index (χ4n) is 0.895. The molecule has 5 heteroatoms. The van der Waals surface area contributed by atoms with Gasteiger partial charge in [0.2, 0.25) is 5.91 Å². The average molecular weight is 215 g/mol. The van der Waals surface area contributed by atoms with E-state index in [0.717, 1.165) is 6.54 Å². The zero-order valence-corrected chi connectivity index (χ0v) is 10.2. The van der Waals surface area contributed by atoms with Crippen molar-refractivity contribution in [3.63, 3.8) is 0 Å². The minimum atomic E-state index is -0.447. The number of carbonyl (C=O) groups is 2. The quantitative estimate of drug-likeness (QED) is 0.723. The molecule has 0 heterocycles. The van der Waals surface area contributed by atoms with Gasteiger partial charge >= 0.3 is 6.03 Å². The van der Waals surface area contributed by atoms with Gasteiger partial charge < -0.3 is 5.32 Å². The van der Waals surface area contributed by atoms with Crippen molar-refractivity contribution in [2.75, 3.05) is 20.1 Å². The maximum Gasteiger partial charge on any atom is 0.321 e. The number of likely N-dealkylation sites (N-methyl/N-ethyl adjacent to an activating group) is 1. The van der Waals surface area contributed by atoms with Crippen LogP contribution >= 0.6 is 0 Å². The van der Waals surface area contributed by atoms with Crippen LogP contribution in [-0.4, -0.2) is 42.5 Å². The van der Waals surface area contributed by atoms with E-state index in [9.17, 15) is 9.59 Å². The monoisotopic (exact) mass is 215 g/mol. The summed E-state index contributed by atoms with van der Waals surface area (Å²) in [6.45, 7) is 8.52. The lowest BCUT2D eigenvalue weighted by molar-refractivity contribution is -0.120. The first-order valence-electron chi connectivity index (χ1n) is 5.05. The second-order valence-electron chi connectivity index (χ2n) is 4.58. The Balaban J connectivity index is 3.92. The zero-order chi connectivity index (χ0) is 12.1. The van der Waals surface area contributed by atoms with Crippen LogP contribution < -0.4 is 10.6 Å². The highest BCUT2D eigenvalue weighted by Gasteiger charge is 2.15. The SMILES string of the molecule is CCN(C)CC(=O)NC(=O)NC(C)(C)C. The van der Waals surface area contributed by atoms with E-state index in [1.54, 1.807) is 0 Å². The van der Waals surface area contributed by atoms with Crippen molar-refractivity contribution in [3.8, 4) is 0 Å². The molecule has 2 N–H and O–H groups in total. The second kappa shape index (κ2) is 5.70. The third-order valence-corrected chi connectivity index (χ3v) is 1.69. The molecule has 0 bridgehead atoms. The van der Waals surface area contributed by atoms with Gasteiger partial charge in [-0.25, -0.2) is 4.79 Å². The lowest BCUT2D eigenvalue weighted by Gasteiger charge is -2.21. The van der Waals surface area contributed by atoms with Crippen LogP contribution in [0.4, 0.5) is 4.79 Å². The second-order valence-corrected chi connectivity index (χ2v) is 4.58. The molecule has 0 saturated heterocycles. The molecule has 0 aromatic rings. The topological polar surface area (TPSA) is 61.4 Å². The van der Waals surface area contributed by atoms with Crippen LogP contribution in [0.3, 0.4) is 0 Å². The van der Waals surface area contributed by atoms with Crippen molar-refractivity contribution in [2.24, 2.45) is 0 Å². The third-order valence-electron chi connectivity index (χ3n) is 1.69. The fourth-order valence-corrected chi connectivity index (χ4v) is 0.895. The summed E-state index contributed by atoms with van der Waals surface area (Å²) in [5.41, 5.74) is -0.332. The van der Waals surface area contributed by atoms with E-state index in [4.69, 9.17) is 0 Å². The molecular weight excluding hydrogens is 194 g/mol. The van der Waals surface area contributed by atoms with Gasteiger partial charge in [-0.1, -0.05) is 6.92 Å². The van der Waals surface area contributed by atoms with Crippen molar-refractivity contribution >= 4 is 11.9 Å². The minimum Gasteiger partial charge on any atom is -0.333 e. The summed E-state index contributed by atoms with van der Waals surface area (Å²) in [4.78, 5) is 24.4. The van der Waals surface area contributed by atoms with Gasteiger partial charge in [0.15, 0.2) is 0 Å². The van der Waals surface area contributed by atoms with Gasteiger partial charge in [0.1, 0.15) is 0 Å². The highest BCUT2D eigenvalue weighted by atomic mass is 16.2. The van der Waals surface area contributed by atoms with Crippen LogP contribution in [0.15, 0.2) is 0 Å². The number of carbonyl (C=O) groups excluding carboxylic acids is 2. The Morgan fingerprint density at radius 1 is 1.27 bits per heavy atom. The maximum absolute atomic E-state index is 11.3. The number of nitrogens with one attached hydrogen (secondary N) is 2. The number of hydrogen-bond acceptors (Lipinski definition) is 3. The first-order chi connectivity index (χ1) is 6.74. The number of urea groups is 1. The molecule has 0 aliphatic carbocycles. The molecular formula is C10H21N3O2. The van der Waals surface area contributed by atoms with E-state index in [0.29, 0.717) is 0 Å². The molecule has 0 rings (SSSR count).